The van der Waals surface area contributed by atoms with Crippen LogP contribution in [-0.2, 0) is 19.1 Å². The minimum absolute atomic E-state index is 0.260. The molecule has 1 N–H and O–H groups in total. The average molecular weight is 531 g/mol. The van der Waals surface area contributed by atoms with Crippen LogP contribution in [0.25, 0.3) is 0 Å². The van der Waals surface area contributed by atoms with E-state index in [-0.39, 0.29) is 29.6 Å². The zero-order chi connectivity index (χ0) is 25.4. The smallest absolute Gasteiger partial charge is 0.311 e. The molecule has 2 amide bonds. The molecule has 4 aliphatic heterocycles. The van der Waals surface area contributed by atoms with E-state index in [4.69, 9.17) is 16.3 Å². The third kappa shape index (κ3) is 3.98. The Hall–Kier alpha value is -2.29. The van der Waals surface area contributed by atoms with Gasteiger partial charge in [-0.25, -0.2) is 0 Å². The van der Waals surface area contributed by atoms with Gasteiger partial charge in [-0.05, 0) is 37.8 Å². The van der Waals surface area contributed by atoms with Crippen molar-refractivity contribution in [1.29, 1.82) is 0 Å². The third-order valence-corrected chi connectivity index (χ3v) is 9.82. The highest BCUT2D eigenvalue weighted by Crippen LogP contribution is 2.61. The second-order valence-corrected chi connectivity index (χ2v) is 11.6. The summed E-state index contributed by atoms with van der Waals surface area (Å²) in [6.07, 6.45) is 11.0. The van der Waals surface area contributed by atoms with Gasteiger partial charge in [-0.15, -0.1) is 11.8 Å². The Bertz CT molecular complexity index is 1110. The van der Waals surface area contributed by atoms with Crippen LogP contribution in [-0.4, -0.2) is 69.6 Å². The average Bonchev–Trinajstić information content (AvgIpc) is 3.26. The quantitative estimate of drug-likeness (QED) is 0.473. The molecule has 1 unspecified atom stereocenters. The first-order chi connectivity index (χ1) is 17.4. The highest BCUT2D eigenvalue weighted by Gasteiger charge is 2.71. The van der Waals surface area contributed by atoms with E-state index in [0.717, 1.165) is 19.3 Å². The van der Waals surface area contributed by atoms with Gasteiger partial charge < -0.3 is 19.6 Å². The Morgan fingerprint density at radius 2 is 2.00 bits per heavy atom. The van der Waals surface area contributed by atoms with Crippen molar-refractivity contribution >= 4 is 46.8 Å². The number of hydrogen-bond acceptors (Lipinski definition) is 6. The standard InChI is InChI=1S/C27H31ClN2O5S/c1-2-17(16-31)30-23-25(33)29(19-11-7-6-10-18(19)28)14-9-13-27(23)22(24(30)32)21-20(36-27)12-5-3-4-8-15-35-26(21)34/h5-7,9-13,17,20-23,31H,2-4,8,14-16H2,1H3/b12-5-/t17-,20-,21+,22-,23?,27-/m0/s1. The molecule has 0 aliphatic carbocycles. The van der Waals surface area contributed by atoms with Crippen molar-refractivity contribution in [2.45, 2.75) is 54.7 Å². The molecule has 7 nitrogen and oxygen atoms in total. The molecule has 6 atom stereocenters. The zero-order valence-electron chi connectivity index (χ0n) is 20.2. The van der Waals surface area contributed by atoms with Gasteiger partial charge in [0.05, 0.1) is 46.5 Å². The summed E-state index contributed by atoms with van der Waals surface area (Å²) in [4.78, 5) is 45.0. The van der Waals surface area contributed by atoms with Crippen LogP contribution in [0.1, 0.15) is 32.6 Å². The number of halogens is 1. The molecule has 1 aromatic carbocycles. The monoisotopic (exact) mass is 530 g/mol. The Labute approximate surface area is 220 Å². The van der Waals surface area contributed by atoms with E-state index in [2.05, 4.69) is 6.08 Å². The fourth-order valence-corrected chi connectivity index (χ4v) is 8.28. The van der Waals surface area contributed by atoms with Crippen molar-refractivity contribution in [2.75, 3.05) is 24.7 Å². The number of likely N-dealkylation sites (tertiary alicyclic amines) is 1. The molecular weight excluding hydrogens is 500 g/mol. The number of thioether (sulfide) groups is 1. The molecule has 5 rings (SSSR count). The fourth-order valence-electron chi connectivity index (χ4n) is 6.05. The SMILES string of the molecule is CC[C@@H](CO)N1C(=O)[C@@H]2[C@@H]3C(=O)OCCCC/C=C\[C@@H]3S[C@@]23C=CCN(c2ccccc2Cl)C(=O)C13. The summed E-state index contributed by atoms with van der Waals surface area (Å²) in [7, 11) is 0. The number of ether oxygens (including phenoxy) is 1. The summed E-state index contributed by atoms with van der Waals surface area (Å²) >= 11 is 7.99. The number of allylic oxidation sites excluding steroid dienone is 1. The maximum atomic E-state index is 14.3. The third-order valence-electron chi connectivity index (χ3n) is 7.76. The predicted octanol–water partition coefficient (Wildman–Crippen LogP) is 3.59. The second kappa shape index (κ2) is 10.2. The van der Waals surface area contributed by atoms with E-state index in [1.165, 1.54) is 11.8 Å². The van der Waals surface area contributed by atoms with Crippen molar-refractivity contribution in [3.05, 3.63) is 53.6 Å². The predicted molar refractivity (Wildman–Crippen MR) is 140 cm³/mol. The Morgan fingerprint density at radius 1 is 1.19 bits per heavy atom. The summed E-state index contributed by atoms with van der Waals surface area (Å²) in [5.74, 6) is -2.39. The molecule has 0 radical (unpaired) electrons. The first kappa shape index (κ1) is 25.4. The molecule has 2 saturated heterocycles. The maximum absolute atomic E-state index is 14.3. The van der Waals surface area contributed by atoms with Crippen molar-refractivity contribution in [2.24, 2.45) is 11.8 Å². The summed E-state index contributed by atoms with van der Waals surface area (Å²) in [6.45, 7) is 2.23. The number of anilines is 1. The number of benzene rings is 1. The molecule has 4 heterocycles. The summed E-state index contributed by atoms with van der Waals surface area (Å²) < 4.78 is 4.68. The largest absolute Gasteiger partial charge is 0.465 e. The molecule has 0 bridgehead atoms. The van der Waals surface area contributed by atoms with Gasteiger partial charge in [-0.2, -0.15) is 0 Å². The van der Waals surface area contributed by atoms with E-state index in [1.54, 1.807) is 28.0 Å². The number of esters is 1. The van der Waals surface area contributed by atoms with Crippen molar-refractivity contribution in [3.63, 3.8) is 0 Å². The number of para-hydroxylation sites is 1. The number of rotatable bonds is 4. The number of fused-ring (bicyclic) bond motifs is 2. The Morgan fingerprint density at radius 3 is 2.75 bits per heavy atom. The van der Waals surface area contributed by atoms with Crippen LogP contribution >= 0.6 is 23.4 Å². The molecule has 4 aliphatic rings. The molecule has 1 aromatic rings. The summed E-state index contributed by atoms with van der Waals surface area (Å²) in [5.41, 5.74) is 0.569. The van der Waals surface area contributed by atoms with Crippen molar-refractivity contribution < 1.29 is 24.2 Å². The molecule has 2 fully saturated rings. The molecule has 9 heteroatoms. The van der Waals surface area contributed by atoms with Crippen molar-refractivity contribution in [1.82, 2.24) is 4.90 Å². The Balaban J connectivity index is 1.65. The Kier molecular flexibility index (Phi) is 7.21. The highest BCUT2D eigenvalue weighted by molar-refractivity contribution is 8.02. The van der Waals surface area contributed by atoms with Crippen LogP contribution in [0.5, 0.6) is 0 Å². The van der Waals surface area contributed by atoms with Crippen LogP contribution in [0.3, 0.4) is 0 Å². The van der Waals surface area contributed by atoms with E-state index in [9.17, 15) is 19.5 Å². The normalized spacial score (nSPS) is 33.9. The van der Waals surface area contributed by atoms with Gasteiger partial charge in [-0.3, -0.25) is 14.4 Å². The van der Waals surface area contributed by atoms with Crippen LogP contribution in [0.15, 0.2) is 48.6 Å². The molecular formula is C27H31ClN2O5S. The van der Waals surface area contributed by atoms with Gasteiger partial charge >= 0.3 is 5.97 Å². The molecule has 192 valence electrons. The summed E-state index contributed by atoms with van der Waals surface area (Å²) in [6, 6.07) is 5.72. The molecule has 1 spiro atoms. The molecule has 0 aromatic heterocycles. The lowest BCUT2D eigenvalue weighted by atomic mass is 9.78. The van der Waals surface area contributed by atoms with E-state index in [0.29, 0.717) is 30.3 Å². The molecule has 0 saturated carbocycles. The van der Waals surface area contributed by atoms with E-state index < -0.39 is 28.7 Å². The zero-order valence-corrected chi connectivity index (χ0v) is 21.8. The number of amides is 2. The van der Waals surface area contributed by atoms with Gasteiger partial charge in [0.25, 0.3) is 5.91 Å². The van der Waals surface area contributed by atoms with Crippen LogP contribution in [0.2, 0.25) is 5.02 Å². The van der Waals surface area contributed by atoms with Crippen molar-refractivity contribution in [3.8, 4) is 0 Å². The van der Waals surface area contributed by atoms with E-state index >= 15 is 0 Å². The highest BCUT2D eigenvalue weighted by atomic mass is 35.5. The number of carbonyl (C=O) groups excluding carboxylic acids is 3. The number of hydrogen-bond donors (Lipinski definition) is 1. The number of aliphatic hydroxyl groups excluding tert-OH is 1. The lowest BCUT2D eigenvalue weighted by Crippen LogP contribution is -2.56. The minimum Gasteiger partial charge on any atom is -0.465 e. The van der Waals surface area contributed by atoms with Crippen LogP contribution in [0.4, 0.5) is 5.69 Å². The number of nitrogens with zero attached hydrogens (tertiary/aromatic N) is 2. The number of carbonyl (C=O) groups is 3. The van der Waals surface area contributed by atoms with E-state index in [1.807, 2.05) is 31.2 Å². The van der Waals surface area contributed by atoms with Gasteiger partial charge in [0.1, 0.15) is 6.04 Å². The first-order valence-electron chi connectivity index (χ1n) is 12.6. The minimum atomic E-state index is -0.959. The number of cyclic esters (lactones) is 1. The van der Waals surface area contributed by atoms with Crippen LogP contribution in [0, 0.1) is 11.8 Å². The maximum Gasteiger partial charge on any atom is 0.311 e. The second-order valence-electron chi connectivity index (χ2n) is 9.73. The van der Waals surface area contributed by atoms with Crippen LogP contribution < -0.4 is 4.90 Å². The lowest BCUT2D eigenvalue weighted by Gasteiger charge is -2.38. The molecule has 36 heavy (non-hydrogen) atoms. The van der Waals surface area contributed by atoms with Gasteiger partial charge in [0.2, 0.25) is 5.91 Å². The fraction of sp³-hybridized carbons (Fsp3) is 0.519. The summed E-state index contributed by atoms with van der Waals surface area (Å²) in [5, 5.41) is 10.4. The van der Waals surface area contributed by atoms with Gasteiger partial charge in [-0.1, -0.05) is 55.0 Å². The topological polar surface area (TPSA) is 87.2 Å². The van der Waals surface area contributed by atoms with Gasteiger partial charge in [0.15, 0.2) is 0 Å². The first-order valence-corrected chi connectivity index (χ1v) is 13.9. The number of aliphatic hydroxyl groups is 1. The lowest BCUT2D eigenvalue weighted by molar-refractivity contribution is -0.153. The van der Waals surface area contributed by atoms with Gasteiger partial charge in [0, 0.05) is 11.8 Å².